The summed E-state index contributed by atoms with van der Waals surface area (Å²) in [7, 11) is 0. The SMILES string of the molecule is [C-]#[N+]C1=CC=C(C#N)CC(C)=C1. The maximum absolute atomic E-state index is 8.64. The smallest absolute Gasteiger partial charge is 0.187 e. The predicted octanol–water partition coefficient (Wildman–Crippen LogP) is 2.59. The molecule has 0 heterocycles. The van der Waals surface area contributed by atoms with E-state index in [-0.39, 0.29) is 0 Å². The summed E-state index contributed by atoms with van der Waals surface area (Å²) in [6.07, 6.45) is 5.86. The first-order valence-electron chi connectivity index (χ1n) is 3.62. The van der Waals surface area contributed by atoms with Crippen molar-refractivity contribution in [3.05, 3.63) is 46.5 Å². The highest BCUT2D eigenvalue weighted by molar-refractivity contribution is 5.41. The van der Waals surface area contributed by atoms with E-state index in [1.54, 1.807) is 12.2 Å². The predicted molar refractivity (Wildman–Crippen MR) is 46.8 cm³/mol. The van der Waals surface area contributed by atoms with E-state index in [1.165, 1.54) is 0 Å². The van der Waals surface area contributed by atoms with E-state index < -0.39 is 0 Å². The number of allylic oxidation sites excluding steroid dienone is 5. The van der Waals surface area contributed by atoms with E-state index in [4.69, 9.17) is 11.8 Å². The zero-order valence-corrected chi connectivity index (χ0v) is 6.83. The topological polar surface area (TPSA) is 28.1 Å². The maximum atomic E-state index is 8.64. The van der Waals surface area contributed by atoms with Gasteiger partial charge in [-0.25, -0.2) is 4.85 Å². The van der Waals surface area contributed by atoms with Gasteiger partial charge in [-0.3, -0.25) is 0 Å². The number of nitriles is 1. The standard InChI is InChI=1S/C10H8N2/c1-8-5-9(7-11)3-4-10(6-8)12-2/h3-4,6H,5H2,1H3. The number of hydrogen-bond donors (Lipinski definition) is 0. The first-order valence-corrected chi connectivity index (χ1v) is 3.62. The molecule has 0 atom stereocenters. The Bertz CT molecular complexity index is 356. The van der Waals surface area contributed by atoms with Gasteiger partial charge in [0.1, 0.15) is 0 Å². The van der Waals surface area contributed by atoms with Crippen LogP contribution >= 0.6 is 0 Å². The van der Waals surface area contributed by atoms with Gasteiger partial charge in [0.2, 0.25) is 0 Å². The lowest BCUT2D eigenvalue weighted by atomic mass is 10.1. The Balaban J connectivity index is 3.05. The molecule has 2 nitrogen and oxygen atoms in total. The van der Waals surface area contributed by atoms with Crippen molar-refractivity contribution in [3.8, 4) is 6.07 Å². The monoisotopic (exact) mass is 156 g/mol. The van der Waals surface area contributed by atoms with Crippen LogP contribution in [0.15, 0.2) is 35.1 Å². The molecular weight excluding hydrogens is 148 g/mol. The Morgan fingerprint density at radius 1 is 1.58 bits per heavy atom. The van der Waals surface area contributed by atoms with Gasteiger partial charge in [0.25, 0.3) is 0 Å². The van der Waals surface area contributed by atoms with Crippen molar-refractivity contribution in [1.29, 1.82) is 5.26 Å². The van der Waals surface area contributed by atoms with Gasteiger partial charge in [-0.1, -0.05) is 23.8 Å². The van der Waals surface area contributed by atoms with Gasteiger partial charge in [0.05, 0.1) is 12.6 Å². The Kier molecular flexibility index (Phi) is 2.46. The van der Waals surface area contributed by atoms with Gasteiger partial charge in [0, 0.05) is 12.0 Å². The van der Waals surface area contributed by atoms with Crippen molar-refractivity contribution in [3.63, 3.8) is 0 Å². The summed E-state index contributed by atoms with van der Waals surface area (Å²) in [6.45, 7) is 8.73. The molecule has 2 heteroatoms. The van der Waals surface area contributed by atoms with Crippen LogP contribution in [0.25, 0.3) is 4.85 Å². The molecule has 1 rings (SSSR count). The minimum absolute atomic E-state index is 0.595. The number of nitrogens with zero attached hydrogens (tertiary/aromatic N) is 2. The van der Waals surface area contributed by atoms with E-state index in [1.807, 2.05) is 13.0 Å². The van der Waals surface area contributed by atoms with Crippen molar-refractivity contribution in [1.82, 2.24) is 0 Å². The fraction of sp³-hybridized carbons (Fsp3) is 0.200. The molecule has 0 aromatic carbocycles. The average Bonchev–Trinajstić information content (AvgIpc) is 2.26. The summed E-state index contributed by atoms with van der Waals surface area (Å²) in [5.41, 5.74) is 2.36. The van der Waals surface area contributed by atoms with E-state index in [2.05, 4.69) is 10.9 Å². The largest absolute Gasteiger partial charge is 0.238 e. The fourth-order valence-electron chi connectivity index (χ4n) is 1.04. The molecule has 1 aliphatic carbocycles. The molecule has 0 aliphatic heterocycles. The highest BCUT2D eigenvalue weighted by atomic mass is 14.6. The summed E-state index contributed by atoms with van der Waals surface area (Å²) >= 11 is 0. The molecule has 0 spiro atoms. The molecule has 0 saturated heterocycles. The molecular formula is C10H8N2. The molecule has 0 N–H and O–H groups in total. The molecule has 0 unspecified atom stereocenters. The second-order valence-corrected chi connectivity index (χ2v) is 2.67. The summed E-state index contributed by atoms with van der Waals surface area (Å²) in [4.78, 5) is 3.31. The molecule has 0 fully saturated rings. The Morgan fingerprint density at radius 2 is 2.33 bits per heavy atom. The van der Waals surface area contributed by atoms with Crippen LogP contribution in [0.4, 0.5) is 0 Å². The van der Waals surface area contributed by atoms with E-state index in [0.29, 0.717) is 17.7 Å². The minimum Gasteiger partial charge on any atom is -0.238 e. The lowest BCUT2D eigenvalue weighted by molar-refractivity contribution is 1.16. The van der Waals surface area contributed by atoms with Crippen LogP contribution in [-0.2, 0) is 0 Å². The van der Waals surface area contributed by atoms with Gasteiger partial charge in [-0.15, -0.1) is 0 Å². The molecule has 0 saturated carbocycles. The Labute approximate surface area is 71.9 Å². The second kappa shape index (κ2) is 3.55. The van der Waals surface area contributed by atoms with Gasteiger partial charge in [0.15, 0.2) is 5.70 Å². The van der Waals surface area contributed by atoms with Crippen molar-refractivity contribution in [2.45, 2.75) is 13.3 Å². The van der Waals surface area contributed by atoms with E-state index in [0.717, 1.165) is 5.57 Å². The third-order valence-electron chi connectivity index (χ3n) is 1.59. The first kappa shape index (κ1) is 8.30. The van der Waals surface area contributed by atoms with Crippen molar-refractivity contribution >= 4 is 0 Å². The number of hydrogen-bond acceptors (Lipinski definition) is 1. The lowest BCUT2D eigenvalue weighted by Crippen LogP contribution is -1.79. The fourth-order valence-corrected chi connectivity index (χ4v) is 1.04. The summed E-state index contributed by atoms with van der Waals surface area (Å²) in [5, 5.41) is 8.64. The molecule has 0 aromatic heterocycles. The van der Waals surface area contributed by atoms with Gasteiger partial charge >= 0.3 is 0 Å². The quantitative estimate of drug-likeness (QED) is 0.495. The Morgan fingerprint density at radius 3 is 2.92 bits per heavy atom. The Hall–Kier alpha value is -1.80. The number of rotatable bonds is 0. The van der Waals surface area contributed by atoms with Crippen LogP contribution in [0.1, 0.15) is 13.3 Å². The lowest BCUT2D eigenvalue weighted by Gasteiger charge is -1.94. The molecule has 58 valence electrons. The molecule has 12 heavy (non-hydrogen) atoms. The zero-order valence-electron chi connectivity index (χ0n) is 6.83. The van der Waals surface area contributed by atoms with Crippen LogP contribution in [0.2, 0.25) is 0 Å². The molecule has 0 aromatic rings. The van der Waals surface area contributed by atoms with Crippen LogP contribution in [-0.4, -0.2) is 0 Å². The highest BCUT2D eigenvalue weighted by Crippen LogP contribution is 2.17. The van der Waals surface area contributed by atoms with Crippen LogP contribution in [0.3, 0.4) is 0 Å². The normalized spacial score (nSPS) is 16.1. The summed E-state index contributed by atoms with van der Waals surface area (Å²) in [6, 6.07) is 2.09. The van der Waals surface area contributed by atoms with Gasteiger partial charge in [-0.05, 0) is 6.92 Å². The molecule has 1 aliphatic rings. The van der Waals surface area contributed by atoms with Gasteiger partial charge in [-0.2, -0.15) is 5.26 Å². The molecule has 0 radical (unpaired) electrons. The minimum atomic E-state index is 0.595. The van der Waals surface area contributed by atoms with E-state index in [9.17, 15) is 0 Å². The van der Waals surface area contributed by atoms with Crippen molar-refractivity contribution < 1.29 is 0 Å². The molecule has 0 amide bonds. The van der Waals surface area contributed by atoms with Crippen LogP contribution < -0.4 is 0 Å². The highest BCUT2D eigenvalue weighted by Gasteiger charge is 2.02. The summed E-state index contributed by atoms with van der Waals surface area (Å²) < 4.78 is 0. The third kappa shape index (κ3) is 1.84. The van der Waals surface area contributed by atoms with Crippen molar-refractivity contribution in [2.75, 3.05) is 0 Å². The van der Waals surface area contributed by atoms with Crippen molar-refractivity contribution in [2.24, 2.45) is 0 Å². The second-order valence-electron chi connectivity index (χ2n) is 2.67. The maximum Gasteiger partial charge on any atom is 0.187 e. The zero-order chi connectivity index (χ0) is 8.97. The summed E-state index contributed by atoms with van der Waals surface area (Å²) in [5.74, 6) is 0. The third-order valence-corrected chi connectivity index (χ3v) is 1.59. The first-order chi connectivity index (χ1) is 5.76. The van der Waals surface area contributed by atoms with Crippen LogP contribution in [0.5, 0.6) is 0 Å². The average molecular weight is 156 g/mol. The molecule has 0 bridgehead atoms. The van der Waals surface area contributed by atoms with Gasteiger partial charge < -0.3 is 0 Å². The van der Waals surface area contributed by atoms with Crippen LogP contribution in [0, 0.1) is 17.9 Å². The van der Waals surface area contributed by atoms with E-state index >= 15 is 0 Å².